The predicted molar refractivity (Wildman–Crippen MR) is 405 cm³/mol. The number of rotatable bonds is 79. The molecular weight excluding hydrogens is 1290 g/mol. The van der Waals surface area contributed by atoms with E-state index in [2.05, 4.69) is 41.5 Å². The second kappa shape index (κ2) is 71.7. The van der Waals surface area contributed by atoms with Crippen molar-refractivity contribution in [2.45, 2.75) is 439 Å². The molecule has 0 rings (SSSR count). The first-order valence-electron chi connectivity index (χ1n) is 41.5. The number of phosphoric acid groups is 2. The number of hydrogen-bond acceptors (Lipinski definition) is 15. The average Bonchev–Trinajstić information content (AvgIpc) is 3.71. The van der Waals surface area contributed by atoms with Crippen LogP contribution < -0.4 is 0 Å². The highest BCUT2D eigenvalue weighted by Crippen LogP contribution is 2.45. The molecule has 19 heteroatoms. The minimum atomic E-state index is -4.96. The SMILES string of the molecule is CCCCCCCCCCCCCCCCCCCCCCCCC(=O)O[C@H](COC(=O)CCCCCCCCCCCCCCCCCCC)COP(=O)(O)OC[C@@H](O)COP(=O)(O)OC[C@@H](COC(=O)CCCCCCCCCC(C)C)OC(=O)CCCCCCCCCC(C)C. The second-order valence-electron chi connectivity index (χ2n) is 29.8. The first kappa shape index (κ1) is 97.1. The molecule has 0 aliphatic carbocycles. The van der Waals surface area contributed by atoms with E-state index in [4.69, 9.17) is 37.0 Å². The average molecular weight is 1450 g/mol. The third-order valence-corrected chi connectivity index (χ3v) is 20.6. The number of ether oxygens (including phenoxy) is 4. The van der Waals surface area contributed by atoms with E-state index in [0.717, 1.165) is 96.3 Å². The van der Waals surface area contributed by atoms with Crippen LogP contribution in [0.25, 0.3) is 0 Å². The summed E-state index contributed by atoms with van der Waals surface area (Å²) in [7, 11) is -9.91. The van der Waals surface area contributed by atoms with E-state index in [1.165, 1.54) is 231 Å². The van der Waals surface area contributed by atoms with Crippen LogP contribution in [0.4, 0.5) is 0 Å². The molecule has 0 bridgehead atoms. The summed E-state index contributed by atoms with van der Waals surface area (Å²) in [6, 6.07) is 0. The molecule has 0 aromatic heterocycles. The van der Waals surface area contributed by atoms with Crippen molar-refractivity contribution in [2.24, 2.45) is 11.8 Å². The van der Waals surface area contributed by atoms with Gasteiger partial charge in [-0.15, -0.1) is 0 Å². The van der Waals surface area contributed by atoms with E-state index in [1.54, 1.807) is 0 Å². The van der Waals surface area contributed by atoms with Gasteiger partial charge in [-0.2, -0.15) is 0 Å². The van der Waals surface area contributed by atoms with Crippen molar-refractivity contribution in [2.75, 3.05) is 39.6 Å². The number of unbranched alkanes of at least 4 members (excludes halogenated alkanes) is 49. The lowest BCUT2D eigenvalue weighted by Gasteiger charge is -2.21. The Morgan fingerprint density at radius 3 is 0.687 bits per heavy atom. The van der Waals surface area contributed by atoms with Crippen LogP contribution in [-0.4, -0.2) is 96.7 Å². The molecule has 0 radical (unpaired) electrons. The van der Waals surface area contributed by atoms with Crippen molar-refractivity contribution < 1.29 is 80.2 Å². The van der Waals surface area contributed by atoms with Gasteiger partial charge in [-0.1, -0.05) is 369 Å². The van der Waals surface area contributed by atoms with Gasteiger partial charge >= 0.3 is 39.5 Å². The normalized spacial score (nSPS) is 13.9. The van der Waals surface area contributed by atoms with E-state index < -0.39 is 97.5 Å². The van der Waals surface area contributed by atoms with Gasteiger partial charge in [0, 0.05) is 25.7 Å². The highest BCUT2D eigenvalue weighted by atomic mass is 31.2. The van der Waals surface area contributed by atoms with Gasteiger partial charge in [0.05, 0.1) is 26.4 Å². The number of phosphoric ester groups is 2. The van der Waals surface area contributed by atoms with E-state index in [9.17, 15) is 43.2 Å². The molecule has 0 heterocycles. The molecule has 0 aromatic rings. The first-order chi connectivity index (χ1) is 47.9. The van der Waals surface area contributed by atoms with Gasteiger partial charge in [-0.25, -0.2) is 9.13 Å². The van der Waals surface area contributed by atoms with Gasteiger partial charge in [0.25, 0.3) is 0 Å². The minimum absolute atomic E-state index is 0.103. The zero-order valence-electron chi connectivity index (χ0n) is 64.8. The fraction of sp³-hybridized carbons (Fsp3) is 0.950. The van der Waals surface area contributed by atoms with Crippen LogP contribution in [0.1, 0.15) is 420 Å². The fourth-order valence-electron chi connectivity index (χ4n) is 12.4. The van der Waals surface area contributed by atoms with E-state index in [-0.39, 0.29) is 25.7 Å². The molecule has 2 unspecified atom stereocenters. The van der Waals surface area contributed by atoms with Crippen molar-refractivity contribution in [3.63, 3.8) is 0 Å². The van der Waals surface area contributed by atoms with Gasteiger partial charge < -0.3 is 33.8 Å². The third-order valence-electron chi connectivity index (χ3n) is 18.7. The predicted octanol–water partition coefficient (Wildman–Crippen LogP) is 23.9. The monoisotopic (exact) mass is 1450 g/mol. The summed E-state index contributed by atoms with van der Waals surface area (Å²) in [6.45, 7) is 9.49. The molecule has 3 N–H and O–H groups in total. The Balaban J connectivity index is 5.18. The summed E-state index contributed by atoms with van der Waals surface area (Å²) in [5, 5.41) is 10.6. The summed E-state index contributed by atoms with van der Waals surface area (Å²) in [6.07, 6.45) is 61.5. The Morgan fingerprint density at radius 1 is 0.273 bits per heavy atom. The van der Waals surface area contributed by atoms with Crippen molar-refractivity contribution in [3.05, 3.63) is 0 Å². The number of hydrogen-bond donors (Lipinski definition) is 3. The molecule has 99 heavy (non-hydrogen) atoms. The maximum atomic E-state index is 13.1. The zero-order valence-corrected chi connectivity index (χ0v) is 66.6. The van der Waals surface area contributed by atoms with Crippen LogP contribution in [0.2, 0.25) is 0 Å². The van der Waals surface area contributed by atoms with Crippen molar-refractivity contribution in [3.8, 4) is 0 Å². The molecule has 0 aliphatic heterocycles. The summed E-state index contributed by atoms with van der Waals surface area (Å²) in [5.41, 5.74) is 0. The Hall–Kier alpha value is -1.94. The summed E-state index contributed by atoms with van der Waals surface area (Å²) >= 11 is 0. The number of aliphatic hydroxyl groups excluding tert-OH is 1. The molecule has 0 aromatic carbocycles. The Kier molecular flexibility index (Phi) is 70.3. The largest absolute Gasteiger partial charge is 0.472 e. The Morgan fingerprint density at radius 2 is 0.465 bits per heavy atom. The molecule has 0 saturated carbocycles. The summed E-state index contributed by atoms with van der Waals surface area (Å²) in [5.74, 6) is -0.715. The number of aliphatic hydroxyl groups is 1. The molecule has 0 saturated heterocycles. The Bertz CT molecular complexity index is 1910. The molecule has 5 atom stereocenters. The quantitative estimate of drug-likeness (QED) is 0.0222. The first-order valence-corrected chi connectivity index (χ1v) is 44.5. The molecule has 588 valence electrons. The second-order valence-corrected chi connectivity index (χ2v) is 32.7. The van der Waals surface area contributed by atoms with Gasteiger partial charge in [0.2, 0.25) is 0 Å². The standard InChI is InChI=1S/C80H156O17P2/c1-7-9-11-13-15-17-19-21-23-25-26-27-28-29-31-33-35-37-39-45-52-58-64-79(84)96-75(68-90-77(82)62-56-50-44-38-36-34-32-30-24-22-20-18-16-14-12-10-8-2)70-94-98(86,87)92-66-74(81)67-93-99(88,89)95-71-76(97-80(85)65-59-53-47-41-43-49-55-61-73(5)6)69-91-78(83)63-57-51-46-40-42-48-54-60-72(3)4/h72-76,81H,7-71H2,1-6H3,(H,86,87)(H,88,89)/t74-,75-,76-/m1/s1. The third kappa shape index (κ3) is 74.1. The number of carbonyl (C=O) groups excluding carboxylic acids is 4. The number of carbonyl (C=O) groups is 4. The topological polar surface area (TPSA) is 237 Å². The lowest BCUT2D eigenvalue weighted by Crippen LogP contribution is -2.30. The molecule has 0 amide bonds. The van der Waals surface area contributed by atoms with Crippen molar-refractivity contribution in [1.29, 1.82) is 0 Å². The van der Waals surface area contributed by atoms with Crippen LogP contribution in [0, 0.1) is 11.8 Å². The maximum Gasteiger partial charge on any atom is 0.472 e. The van der Waals surface area contributed by atoms with Gasteiger partial charge in [-0.05, 0) is 37.5 Å². The fourth-order valence-corrected chi connectivity index (χ4v) is 13.9. The smallest absolute Gasteiger partial charge is 0.462 e. The highest BCUT2D eigenvalue weighted by molar-refractivity contribution is 7.47. The molecule has 0 spiro atoms. The lowest BCUT2D eigenvalue weighted by atomic mass is 10.0. The van der Waals surface area contributed by atoms with Crippen LogP contribution in [0.15, 0.2) is 0 Å². The lowest BCUT2D eigenvalue weighted by molar-refractivity contribution is -0.161. The van der Waals surface area contributed by atoms with Crippen LogP contribution >= 0.6 is 15.6 Å². The molecule has 17 nitrogen and oxygen atoms in total. The zero-order chi connectivity index (χ0) is 72.8. The van der Waals surface area contributed by atoms with Gasteiger partial charge in [-0.3, -0.25) is 37.3 Å². The molecular formula is C80H156O17P2. The van der Waals surface area contributed by atoms with Crippen LogP contribution in [0.3, 0.4) is 0 Å². The maximum absolute atomic E-state index is 13.1. The number of esters is 4. The molecule has 0 fully saturated rings. The van der Waals surface area contributed by atoms with Gasteiger partial charge in [0.15, 0.2) is 12.2 Å². The summed E-state index contributed by atoms with van der Waals surface area (Å²) in [4.78, 5) is 72.9. The van der Waals surface area contributed by atoms with Crippen molar-refractivity contribution in [1.82, 2.24) is 0 Å². The van der Waals surface area contributed by atoms with Crippen LogP contribution in [-0.2, 0) is 65.4 Å². The van der Waals surface area contributed by atoms with E-state index in [0.29, 0.717) is 37.5 Å². The van der Waals surface area contributed by atoms with Crippen molar-refractivity contribution >= 4 is 39.5 Å². The van der Waals surface area contributed by atoms with Gasteiger partial charge in [0.1, 0.15) is 19.3 Å². The van der Waals surface area contributed by atoms with E-state index >= 15 is 0 Å². The highest BCUT2D eigenvalue weighted by Gasteiger charge is 2.30. The van der Waals surface area contributed by atoms with Crippen LogP contribution in [0.5, 0.6) is 0 Å². The summed E-state index contributed by atoms with van der Waals surface area (Å²) < 4.78 is 68.6. The minimum Gasteiger partial charge on any atom is -0.462 e. The van der Waals surface area contributed by atoms with E-state index in [1.807, 2.05) is 0 Å². The molecule has 0 aliphatic rings. The Labute approximate surface area is 607 Å².